The molecule has 11 heteroatoms. The molecule has 3 aromatic carbocycles. The molecule has 3 rings (SSSR count). The number of ketones is 1. The molecular formula is C17H13NO8S2. The van der Waals surface area contributed by atoms with Gasteiger partial charge >= 0.3 is 0 Å². The van der Waals surface area contributed by atoms with E-state index in [0.717, 1.165) is 12.1 Å². The van der Waals surface area contributed by atoms with Gasteiger partial charge in [0.1, 0.15) is 10.6 Å². The Morgan fingerprint density at radius 3 is 1.96 bits per heavy atom. The lowest BCUT2D eigenvalue weighted by atomic mass is 9.99. The zero-order valence-corrected chi connectivity index (χ0v) is 15.5. The molecule has 0 atom stereocenters. The van der Waals surface area contributed by atoms with Crippen LogP contribution < -0.4 is 5.73 Å². The zero-order chi connectivity index (χ0) is 20.9. The van der Waals surface area contributed by atoms with Crippen LogP contribution in [0.15, 0.2) is 58.3 Å². The summed E-state index contributed by atoms with van der Waals surface area (Å²) in [6, 6.07) is 9.27. The Bertz CT molecular complexity index is 1330. The molecule has 0 aliphatic rings. The fraction of sp³-hybridized carbons (Fsp3) is 0. The molecule has 0 amide bonds. The van der Waals surface area contributed by atoms with Gasteiger partial charge in [0.2, 0.25) is 0 Å². The van der Waals surface area contributed by atoms with Gasteiger partial charge in [0.05, 0.1) is 4.90 Å². The highest BCUT2D eigenvalue weighted by Crippen LogP contribution is 2.35. The highest BCUT2D eigenvalue weighted by molar-refractivity contribution is 7.86. The highest BCUT2D eigenvalue weighted by Gasteiger charge is 2.27. The van der Waals surface area contributed by atoms with Crippen LogP contribution in [-0.4, -0.2) is 36.8 Å². The quantitative estimate of drug-likeness (QED) is 0.277. The summed E-state index contributed by atoms with van der Waals surface area (Å²) in [4.78, 5) is 11.1. The minimum Gasteiger partial charge on any atom is -0.507 e. The second-order valence-corrected chi connectivity index (χ2v) is 8.66. The van der Waals surface area contributed by atoms with Crippen molar-refractivity contribution in [3.63, 3.8) is 0 Å². The molecule has 0 saturated carbocycles. The van der Waals surface area contributed by atoms with Crippen molar-refractivity contribution in [2.75, 3.05) is 5.73 Å². The molecule has 0 heterocycles. The lowest BCUT2D eigenvalue weighted by Crippen LogP contribution is -2.11. The third kappa shape index (κ3) is 3.55. The van der Waals surface area contributed by atoms with Crippen LogP contribution in [0.25, 0.3) is 10.8 Å². The van der Waals surface area contributed by atoms with Gasteiger partial charge in [-0.3, -0.25) is 13.9 Å². The van der Waals surface area contributed by atoms with E-state index in [1.54, 1.807) is 0 Å². The fourth-order valence-corrected chi connectivity index (χ4v) is 4.17. The summed E-state index contributed by atoms with van der Waals surface area (Å²) in [6.45, 7) is 0. The van der Waals surface area contributed by atoms with E-state index in [0.29, 0.717) is 11.8 Å². The number of aromatic hydroxyl groups is 1. The van der Waals surface area contributed by atoms with Crippen molar-refractivity contribution in [1.29, 1.82) is 0 Å². The predicted molar refractivity (Wildman–Crippen MR) is 99.5 cm³/mol. The first-order chi connectivity index (χ1) is 12.9. The number of nitrogen functional groups attached to an aromatic ring is 1. The van der Waals surface area contributed by atoms with Gasteiger partial charge < -0.3 is 10.8 Å². The Hall–Kier alpha value is -2.99. The Labute approximate surface area is 159 Å². The number of rotatable bonds is 4. The molecule has 0 fully saturated rings. The molecule has 0 saturated heterocycles. The molecule has 9 nitrogen and oxygen atoms in total. The van der Waals surface area contributed by atoms with Gasteiger partial charge in [-0.15, -0.1) is 0 Å². The first-order valence-electron chi connectivity index (χ1n) is 7.54. The third-order valence-corrected chi connectivity index (χ3v) is 5.80. The number of hydrogen-bond donors (Lipinski definition) is 4. The summed E-state index contributed by atoms with van der Waals surface area (Å²) in [6.07, 6.45) is 0. The summed E-state index contributed by atoms with van der Waals surface area (Å²) in [7, 11) is -9.84. The Morgan fingerprint density at radius 2 is 1.43 bits per heavy atom. The normalized spacial score (nSPS) is 12.2. The van der Waals surface area contributed by atoms with Crippen molar-refractivity contribution in [2.45, 2.75) is 9.79 Å². The van der Waals surface area contributed by atoms with E-state index < -0.39 is 52.5 Å². The van der Waals surface area contributed by atoms with Gasteiger partial charge in [0, 0.05) is 33.7 Å². The number of benzene rings is 3. The molecule has 28 heavy (non-hydrogen) atoms. The van der Waals surface area contributed by atoms with Gasteiger partial charge in [0.25, 0.3) is 20.2 Å². The molecule has 5 N–H and O–H groups in total. The van der Waals surface area contributed by atoms with Crippen LogP contribution in [-0.2, 0) is 20.2 Å². The molecule has 0 radical (unpaired) electrons. The number of phenols is 1. The van der Waals surface area contributed by atoms with Crippen LogP contribution in [0.4, 0.5) is 5.69 Å². The molecule has 0 aromatic heterocycles. The zero-order valence-electron chi connectivity index (χ0n) is 13.9. The van der Waals surface area contributed by atoms with Crippen molar-refractivity contribution in [1.82, 2.24) is 0 Å². The van der Waals surface area contributed by atoms with Gasteiger partial charge in [-0.05, 0) is 42.5 Å². The molecule has 3 aromatic rings. The van der Waals surface area contributed by atoms with Gasteiger partial charge in [-0.25, -0.2) is 0 Å². The van der Waals surface area contributed by atoms with E-state index in [4.69, 9.17) is 5.73 Å². The standard InChI is InChI=1S/C17H13NO8S2/c18-10-3-1-9(2-4-10)16(20)13-6-5-12-14(17(13)28(24,25)26)7-11(8-15(12)19)27(21,22)23/h1-8,19H,18H2,(H,21,22,23)(H,24,25,26). The molecule has 0 unspecified atom stereocenters. The highest BCUT2D eigenvalue weighted by atomic mass is 32.2. The van der Waals surface area contributed by atoms with Crippen molar-refractivity contribution in [3.8, 4) is 5.75 Å². The molecule has 0 aliphatic heterocycles. The SMILES string of the molecule is Nc1ccc(C(=O)c2ccc3c(O)cc(S(=O)(=O)O)cc3c2S(=O)(=O)O)cc1. The summed E-state index contributed by atoms with van der Waals surface area (Å²) in [5.41, 5.74) is 5.54. The number of fused-ring (bicyclic) bond motifs is 1. The summed E-state index contributed by atoms with van der Waals surface area (Å²) >= 11 is 0. The lowest BCUT2D eigenvalue weighted by molar-refractivity contribution is 0.103. The predicted octanol–water partition coefficient (Wildman–Crippen LogP) is 1.85. The van der Waals surface area contributed by atoms with E-state index in [9.17, 15) is 35.8 Å². The van der Waals surface area contributed by atoms with Crippen LogP contribution in [0.5, 0.6) is 5.75 Å². The fourth-order valence-electron chi connectivity index (χ4n) is 2.76. The summed E-state index contributed by atoms with van der Waals surface area (Å²) in [5, 5.41) is 9.44. The van der Waals surface area contributed by atoms with Gasteiger partial charge in [-0.1, -0.05) is 0 Å². The van der Waals surface area contributed by atoms with Gasteiger partial charge in [-0.2, -0.15) is 16.8 Å². The monoisotopic (exact) mass is 423 g/mol. The van der Waals surface area contributed by atoms with Crippen LogP contribution in [0.3, 0.4) is 0 Å². The molecule has 0 bridgehead atoms. The smallest absolute Gasteiger partial charge is 0.295 e. The first-order valence-corrected chi connectivity index (χ1v) is 10.4. The second-order valence-electron chi connectivity index (χ2n) is 5.88. The van der Waals surface area contributed by atoms with Crippen molar-refractivity contribution >= 4 is 42.5 Å². The summed E-state index contributed by atoms with van der Waals surface area (Å²) < 4.78 is 65.8. The van der Waals surface area contributed by atoms with E-state index in [2.05, 4.69) is 0 Å². The van der Waals surface area contributed by atoms with Gasteiger partial charge in [0.15, 0.2) is 5.78 Å². The minimum absolute atomic E-state index is 0.0635. The number of carbonyl (C=O) groups excluding carboxylic acids is 1. The number of anilines is 1. The molecular weight excluding hydrogens is 410 g/mol. The second kappa shape index (κ2) is 6.56. The number of nitrogens with two attached hydrogens (primary N) is 1. The number of phenolic OH excluding ortho intramolecular Hbond substituents is 1. The maximum atomic E-state index is 12.8. The van der Waals surface area contributed by atoms with E-state index in [1.807, 2.05) is 0 Å². The third-order valence-electron chi connectivity index (χ3n) is 4.01. The van der Waals surface area contributed by atoms with Crippen molar-refractivity contribution < 1.29 is 35.8 Å². The van der Waals surface area contributed by atoms with Crippen molar-refractivity contribution in [2.24, 2.45) is 0 Å². The maximum absolute atomic E-state index is 12.8. The number of carbonyl (C=O) groups is 1. The molecule has 0 aliphatic carbocycles. The van der Waals surface area contributed by atoms with Crippen LogP contribution >= 0.6 is 0 Å². The Balaban J connectivity index is 2.41. The van der Waals surface area contributed by atoms with Crippen LogP contribution in [0.1, 0.15) is 15.9 Å². The Kier molecular flexibility index (Phi) is 4.63. The molecule has 146 valence electrons. The molecule has 0 spiro atoms. The van der Waals surface area contributed by atoms with Crippen LogP contribution in [0.2, 0.25) is 0 Å². The Morgan fingerprint density at radius 1 is 0.821 bits per heavy atom. The summed E-state index contributed by atoms with van der Waals surface area (Å²) in [5.74, 6) is -1.45. The topological polar surface area (TPSA) is 172 Å². The average Bonchev–Trinajstić information content (AvgIpc) is 2.59. The number of hydrogen-bond acceptors (Lipinski definition) is 7. The largest absolute Gasteiger partial charge is 0.507 e. The lowest BCUT2D eigenvalue weighted by Gasteiger charge is -2.12. The maximum Gasteiger partial charge on any atom is 0.295 e. The minimum atomic E-state index is -5.03. The average molecular weight is 423 g/mol. The van der Waals surface area contributed by atoms with E-state index in [-0.39, 0.29) is 10.9 Å². The van der Waals surface area contributed by atoms with E-state index in [1.165, 1.54) is 30.3 Å². The van der Waals surface area contributed by atoms with E-state index >= 15 is 0 Å². The first kappa shape index (κ1) is 19.8. The van der Waals surface area contributed by atoms with Crippen LogP contribution in [0, 0.1) is 0 Å². The van der Waals surface area contributed by atoms with Crippen molar-refractivity contribution in [3.05, 3.63) is 59.7 Å².